The van der Waals surface area contributed by atoms with Crippen LogP contribution in [0.2, 0.25) is 0 Å². The first kappa shape index (κ1) is 14.1. The van der Waals surface area contributed by atoms with Crippen LogP contribution >= 0.6 is 0 Å². The Bertz CT molecular complexity index is 416. The van der Waals surface area contributed by atoms with E-state index in [2.05, 4.69) is 11.9 Å². The molecule has 0 aliphatic rings. The first-order valence-corrected chi connectivity index (χ1v) is 5.79. The average Bonchev–Trinajstić information content (AvgIpc) is 2.42. The highest BCUT2D eigenvalue weighted by atomic mass is 16.5. The van der Waals surface area contributed by atoms with Crippen LogP contribution < -0.4 is 14.8 Å². The highest BCUT2D eigenvalue weighted by Crippen LogP contribution is 2.27. The summed E-state index contributed by atoms with van der Waals surface area (Å²) in [5.41, 5.74) is 1.04. The molecule has 0 radical (unpaired) electrons. The summed E-state index contributed by atoms with van der Waals surface area (Å²) in [7, 11) is 3.19. The maximum atomic E-state index is 11.4. The van der Waals surface area contributed by atoms with Crippen LogP contribution in [-0.4, -0.2) is 26.7 Å². The van der Waals surface area contributed by atoms with Gasteiger partial charge in [0.25, 0.3) is 0 Å². The first-order chi connectivity index (χ1) is 8.71. The molecule has 1 amide bonds. The lowest BCUT2D eigenvalue weighted by atomic mass is 10.1. The van der Waals surface area contributed by atoms with Gasteiger partial charge in [0.1, 0.15) is 0 Å². The van der Waals surface area contributed by atoms with Crippen molar-refractivity contribution in [2.24, 2.45) is 0 Å². The average molecular weight is 249 g/mol. The van der Waals surface area contributed by atoms with Crippen molar-refractivity contribution in [2.75, 3.05) is 20.8 Å². The molecule has 0 fully saturated rings. The second-order valence-corrected chi connectivity index (χ2v) is 3.78. The van der Waals surface area contributed by atoms with Crippen molar-refractivity contribution >= 4 is 5.91 Å². The molecule has 1 aromatic carbocycles. The normalized spacial score (nSPS) is 9.67. The van der Waals surface area contributed by atoms with Crippen LogP contribution in [0.1, 0.15) is 12.0 Å². The number of hydrogen-bond acceptors (Lipinski definition) is 3. The lowest BCUT2D eigenvalue weighted by Gasteiger charge is -2.09. The van der Waals surface area contributed by atoms with E-state index in [4.69, 9.17) is 9.47 Å². The third-order valence-corrected chi connectivity index (χ3v) is 2.53. The van der Waals surface area contributed by atoms with E-state index >= 15 is 0 Å². The van der Waals surface area contributed by atoms with Gasteiger partial charge in [-0.3, -0.25) is 4.79 Å². The number of nitrogens with one attached hydrogen (secondary N) is 1. The van der Waals surface area contributed by atoms with Gasteiger partial charge in [-0.2, -0.15) is 0 Å². The summed E-state index contributed by atoms with van der Waals surface area (Å²) >= 11 is 0. The number of benzene rings is 1. The predicted octanol–water partition coefficient (Wildman–Crippen LogP) is 1.94. The molecular weight excluding hydrogens is 230 g/mol. The predicted molar refractivity (Wildman–Crippen MR) is 71.1 cm³/mol. The van der Waals surface area contributed by atoms with Crippen molar-refractivity contribution in [1.29, 1.82) is 0 Å². The van der Waals surface area contributed by atoms with Gasteiger partial charge in [-0.25, -0.2) is 0 Å². The fourth-order valence-corrected chi connectivity index (χ4v) is 1.57. The zero-order chi connectivity index (χ0) is 13.4. The summed E-state index contributed by atoms with van der Waals surface area (Å²) in [6.45, 7) is 4.05. The van der Waals surface area contributed by atoms with Crippen LogP contribution in [0.5, 0.6) is 11.5 Å². The van der Waals surface area contributed by atoms with E-state index in [1.807, 2.05) is 18.2 Å². The van der Waals surface area contributed by atoms with Gasteiger partial charge in [-0.05, 0) is 24.1 Å². The number of hydrogen-bond donors (Lipinski definition) is 1. The summed E-state index contributed by atoms with van der Waals surface area (Å²) in [4.78, 5) is 11.4. The molecule has 0 saturated heterocycles. The fraction of sp³-hybridized carbons (Fsp3) is 0.357. The van der Waals surface area contributed by atoms with Crippen LogP contribution in [0.15, 0.2) is 30.9 Å². The minimum Gasteiger partial charge on any atom is -0.493 e. The largest absolute Gasteiger partial charge is 0.493 e. The second kappa shape index (κ2) is 7.37. The van der Waals surface area contributed by atoms with E-state index in [-0.39, 0.29) is 5.91 Å². The Balaban J connectivity index is 2.57. The molecule has 0 aliphatic heterocycles. The molecule has 0 aliphatic carbocycles. The SMILES string of the molecule is C=CCNC(=O)CCc1ccc(OC)c(OC)c1. The number of aryl methyl sites for hydroxylation is 1. The molecule has 1 N–H and O–H groups in total. The van der Waals surface area contributed by atoms with Crippen molar-refractivity contribution < 1.29 is 14.3 Å². The minimum absolute atomic E-state index is 0.0182. The van der Waals surface area contributed by atoms with E-state index in [1.165, 1.54) is 0 Å². The Morgan fingerprint density at radius 2 is 2.06 bits per heavy atom. The lowest BCUT2D eigenvalue weighted by molar-refractivity contribution is -0.120. The number of ether oxygens (including phenoxy) is 2. The highest BCUT2D eigenvalue weighted by Gasteiger charge is 2.06. The van der Waals surface area contributed by atoms with Gasteiger partial charge in [-0.15, -0.1) is 6.58 Å². The van der Waals surface area contributed by atoms with Crippen molar-refractivity contribution in [1.82, 2.24) is 5.32 Å². The number of methoxy groups -OCH3 is 2. The van der Waals surface area contributed by atoms with Crippen molar-refractivity contribution in [3.63, 3.8) is 0 Å². The third-order valence-electron chi connectivity index (χ3n) is 2.53. The van der Waals surface area contributed by atoms with E-state index in [0.717, 1.165) is 5.56 Å². The van der Waals surface area contributed by atoms with E-state index < -0.39 is 0 Å². The number of rotatable bonds is 7. The van der Waals surface area contributed by atoms with E-state index in [1.54, 1.807) is 20.3 Å². The molecule has 0 bridgehead atoms. The third kappa shape index (κ3) is 4.13. The summed E-state index contributed by atoms with van der Waals surface area (Å²) in [5, 5.41) is 2.74. The Labute approximate surface area is 108 Å². The standard InChI is InChI=1S/C14H19NO3/c1-4-9-15-14(16)8-6-11-5-7-12(17-2)13(10-11)18-3/h4-5,7,10H,1,6,8-9H2,2-3H3,(H,15,16). The Kier molecular flexibility index (Phi) is 5.77. The Hall–Kier alpha value is -1.97. The maximum Gasteiger partial charge on any atom is 0.220 e. The maximum absolute atomic E-state index is 11.4. The van der Waals surface area contributed by atoms with E-state index in [0.29, 0.717) is 30.9 Å². The van der Waals surface area contributed by atoms with Crippen LogP contribution in [0.25, 0.3) is 0 Å². The molecule has 4 heteroatoms. The molecule has 0 saturated carbocycles. The molecule has 18 heavy (non-hydrogen) atoms. The zero-order valence-corrected chi connectivity index (χ0v) is 10.9. The number of carbonyl (C=O) groups is 1. The molecule has 4 nitrogen and oxygen atoms in total. The highest BCUT2D eigenvalue weighted by molar-refractivity contribution is 5.76. The van der Waals surface area contributed by atoms with Gasteiger partial charge in [0.15, 0.2) is 11.5 Å². The van der Waals surface area contributed by atoms with Crippen LogP contribution in [0.3, 0.4) is 0 Å². The van der Waals surface area contributed by atoms with Gasteiger partial charge >= 0.3 is 0 Å². The zero-order valence-electron chi connectivity index (χ0n) is 10.9. The molecule has 1 aromatic rings. The fourth-order valence-electron chi connectivity index (χ4n) is 1.57. The number of carbonyl (C=O) groups excluding carboxylic acids is 1. The van der Waals surface area contributed by atoms with Crippen molar-refractivity contribution in [3.05, 3.63) is 36.4 Å². The first-order valence-electron chi connectivity index (χ1n) is 5.79. The Morgan fingerprint density at radius 1 is 1.33 bits per heavy atom. The lowest BCUT2D eigenvalue weighted by Crippen LogP contribution is -2.23. The monoisotopic (exact) mass is 249 g/mol. The minimum atomic E-state index is 0.0182. The summed E-state index contributed by atoms with van der Waals surface area (Å²) in [5.74, 6) is 1.39. The molecule has 0 aromatic heterocycles. The molecular formula is C14H19NO3. The van der Waals surface area contributed by atoms with Crippen LogP contribution in [0, 0.1) is 0 Å². The van der Waals surface area contributed by atoms with Crippen molar-refractivity contribution in [2.45, 2.75) is 12.8 Å². The van der Waals surface area contributed by atoms with Gasteiger partial charge in [0, 0.05) is 13.0 Å². The molecule has 98 valence electrons. The van der Waals surface area contributed by atoms with Crippen molar-refractivity contribution in [3.8, 4) is 11.5 Å². The quantitative estimate of drug-likeness (QED) is 0.751. The topological polar surface area (TPSA) is 47.6 Å². The van der Waals surface area contributed by atoms with Gasteiger partial charge < -0.3 is 14.8 Å². The molecule has 0 atom stereocenters. The summed E-state index contributed by atoms with van der Waals surface area (Å²) in [6.07, 6.45) is 2.78. The smallest absolute Gasteiger partial charge is 0.220 e. The summed E-state index contributed by atoms with van der Waals surface area (Å²) in [6, 6.07) is 5.66. The van der Waals surface area contributed by atoms with E-state index in [9.17, 15) is 4.79 Å². The molecule has 0 spiro atoms. The summed E-state index contributed by atoms with van der Waals surface area (Å²) < 4.78 is 10.4. The van der Waals surface area contributed by atoms with Gasteiger partial charge in [0.05, 0.1) is 14.2 Å². The molecule has 1 rings (SSSR count). The Morgan fingerprint density at radius 3 is 2.67 bits per heavy atom. The van der Waals surface area contributed by atoms with Gasteiger partial charge in [-0.1, -0.05) is 12.1 Å². The molecule has 0 unspecified atom stereocenters. The number of amides is 1. The van der Waals surface area contributed by atoms with Gasteiger partial charge in [0.2, 0.25) is 5.91 Å². The molecule has 0 heterocycles. The second-order valence-electron chi connectivity index (χ2n) is 3.78. The van der Waals surface area contributed by atoms with Crippen LogP contribution in [-0.2, 0) is 11.2 Å². The van der Waals surface area contributed by atoms with Crippen LogP contribution in [0.4, 0.5) is 0 Å².